The van der Waals surface area contributed by atoms with Crippen LogP contribution in [0.3, 0.4) is 0 Å². The van der Waals surface area contributed by atoms with E-state index < -0.39 is 30.7 Å². The smallest absolute Gasteiger partial charge is 0.177 e. The average molecular weight is 249 g/mol. The Hall–Kier alpha value is -0.570. The summed E-state index contributed by atoms with van der Waals surface area (Å²) in [5, 5.41) is 36.6. The van der Waals surface area contributed by atoms with Crippen LogP contribution in [0.25, 0.3) is 0 Å². The van der Waals surface area contributed by atoms with Crippen LogP contribution in [0.2, 0.25) is 0 Å². The molecule has 17 heavy (non-hydrogen) atoms. The van der Waals surface area contributed by atoms with Gasteiger partial charge in [0.05, 0.1) is 26.4 Å². The Labute approximate surface area is 99.2 Å². The minimum absolute atomic E-state index is 0.000263. The highest BCUT2D eigenvalue weighted by Crippen LogP contribution is 2.04. The Bertz CT molecular complexity index is 243. The van der Waals surface area contributed by atoms with Gasteiger partial charge in [0, 0.05) is 13.1 Å². The maximum Gasteiger partial charge on any atom is 0.177 e. The molecule has 0 aromatic rings. The molecule has 1 heterocycles. The SMILES string of the molecule is O=C(CN1CCOCC1)[C@H](O)[C@H](O)[C@H](O)CO. The fourth-order valence-corrected chi connectivity index (χ4v) is 1.58. The number of rotatable bonds is 6. The maximum absolute atomic E-state index is 11.6. The van der Waals surface area contributed by atoms with E-state index in [4.69, 9.17) is 14.9 Å². The molecular weight excluding hydrogens is 230 g/mol. The van der Waals surface area contributed by atoms with Crippen LogP contribution in [0.4, 0.5) is 0 Å². The van der Waals surface area contributed by atoms with Crippen molar-refractivity contribution in [3.05, 3.63) is 0 Å². The van der Waals surface area contributed by atoms with Crippen molar-refractivity contribution < 1.29 is 30.0 Å². The zero-order chi connectivity index (χ0) is 12.8. The number of carbonyl (C=O) groups is 1. The molecule has 0 aliphatic carbocycles. The summed E-state index contributed by atoms with van der Waals surface area (Å²) in [6, 6.07) is 0. The van der Waals surface area contributed by atoms with Gasteiger partial charge in [0.25, 0.3) is 0 Å². The van der Waals surface area contributed by atoms with Gasteiger partial charge in [0.15, 0.2) is 5.78 Å². The Morgan fingerprint density at radius 2 is 1.82 bits per heavy atom. The van der Waals surface area contributed by atoms with Crippen molar-refractivity contribution in [3.8, 4) is 0 Å². The van der Waals surface area contributed by atoms with Gasteiger partial charge in [-0.3, -0.25) is 9.69 Å². The van der Waals surface area contributed by atoms with E-state index in [9.17, 15) is 15.0 Å². The molecule has 7 heteroatoms. The first-order valence-corrected chi connectivity index (χ1v) is 5.54. The molecule has 1 saturated heterocycles. The zero-order valence-corrected chi connectivity index (χ0v) is 9.53. The second kappa shape index (κ2) is 7.00. The number of nitrogens with zero attached hydrogens (tertiary/aromatic N) is 1. The van der Waals surface area contributed by atoms with Gasteiger partial charge in [0.1, 0.15) is 18.3 Å². The standard InChI is InChI=1S/C10H19NO6/c12-6-8(14)10(16)9(15)7(13)5-11-1-3-17-4-2-11/h8-10,12,14-16H,1-6H2/t8-,9+,10-/m1/s1. The number of hydrogen-bond acceptors (Lipinski definition) is 7. The first kappa shape index (κ1) is 14.5. The predicted molar refractivity (Wildman–Crippen MR) is 57.4 cm³/mol. The van der Waals surface area contributed by atoms with E-state index in [1.165, 1.54) is 0 Å². The molecule has 0 aromatic carbocycles. The monoisotopic (exact) mass is 249 g/mol. The van der Waals surface area contributed by atoms with Crippen molar-refractivity contribution in [2.45, 2.75) is 18.3 Å². The number of hydrogen-bond donors (Lipinski definition) is 4. The van der Waals surface area contributed by atoms with Crippen molar-refractivity contribution in [2.24, 2.45) is 0 Å². The normalized spacial score (nSPS) is 23.1. The van der Waals surface area contributed by atoms with Crippen molar-refractivity contribution in [1.29, 1.82) is 0 Å². The lowest BCUT2D eigenvalue weighted by molar-refractivity contribution is -0.142. The van der Waals surface area contributed by atoms with E-state index in [-0.39, 0.29) is 6.54 Å². The lowest BCUT2D eigenvalue weighted by Crippen LogP contribution is -2.48. The van der Waals surface area contributed by atoms with Gasteiger partial charge in [-0.25, -0.2) is 0 Å². The number of Topliss-reactive ketones (excluding diaryl/α,β-unsaturated/α-hetero) is 1. The summed E-state index contributed by atoms with van der Waals surface area (Å²) in [5.74, 6) is -0.577. The highest BCUT2D eigenvalue weighted by atomic mass is 16.5. The van der Waals surface area contributed by atoms with Crippen LogP contribution in [-0.4, -0.2) is 88.9 Å². The topological polar surface area (TPSA) is 110 Å². The highest BCUT2D eigenvalue weighted by molar-refractivity contribution is 5.85. The third kappa shape index (κ3) is 4.30. The largest absolute Gasteiger partial charge is 0.394 e. The molecule has 3 atom stereocenters. The number of aliphatic hydroxyl groups is 4. The number of morpholine rings is 1. The fraction of sp³-hybridized carbons (Fsp3) is 0.900. The second-order valence-electron chi connectivity index (χ2n) is 4.04. The third-order valence-electron chi connectivity index (χ3n) is 2.72. The van der Waals surface area contributed by atoms with Crippen molar-refractivity contribution in [1.82, 2.24) is 4.90 Å². The molecule has 0 amide bonds. The van der Waals surface area contributed by atoms with Crippen LogP contribution in [0.1, 0.15) is 0 Å². The van der Waals surface area contributed by atoms with Crippen molar-refractivity contribution >= 4 is 5.78 Å². The maximum atomic E-state index is 11.6. The van der Waals surface area contributed by atoms with E-state index in [1.807, 2.05) is 0 Å². The summed E-state index contributed by atoms with van der Waals surface area (Å²) >= 11 is 0. The molecule has 0 radical (unpaired) electrons. The van der Waals surface area contributed by atoms with E-state index in [0.29, 0.717) is 26.3 Å². The van der Waals surface area contributed by atoms with Crippen LogP contribution in [0.15, 0.2) is 0 Å². The minimum Gasteiger partial charge on any atom is -0.394 e. The molecule has 0 unspecified atom stereocenters. The number of aliphatic hydroxyl groups excluding tert-OH is 4. The number of ether oxygens (including phenoxy) is 1. The van der Waals surface area contributed by atoms with E-state index >= 15 is 0 Å². The van der Waals surface area contributed by atoms with Gasteiger partial charge in [-0.1, -0.05) is 0 Å². The Kier molecular flexibility index (Phi) is 5.96. The fourth-order valence-electron chi connectivity index (χ4n) is 1.58. The van der Waals surface area contributed by atoms with Gasteiger partial charge in [-0.2, -0.15) is 0 Å². The van der Waals surface area contributed by atoms with Crippen LogP contribution >= 0.6 is 0 Å². The van der Waals surface area contributed by atoms with Crippen molar-refractivity contribution in [3.63, 3.8) is 0 Å². The molecule has 1 aliphatic heterocycles. The average Bonchev–Trinajstić information content (AvgIpc) is 2.37. The predicted octanol–water partition coefficient (Wildman–Crippen LogP) is -3.04. The highest BCUT2D eigenvalue weighted by Gasteiger charge is 2.30. The van der Waals surface area contributed by atoms with E-state index in [1.54, 1.807) is 4.90 Å². The Morgan fingerprint density at radius 3 is 2.35 bits per heavy atom. The van der Waals surface area contributed by atoms with Crippen molar-refractivity contribution in [2.75, 3.05) is 39.5 Å². The van der Waals surface area contributed by atoms with Gasteiger partial charge in [0.2, 0.25) is 0 Å². The molecule has 0 spiro atoms. The molecule has 4 N–H and O–H groups in total. The molecule has 0 aromatic heterocycles. The van der Waals surface area contributed by atoms with Crippen LogP contribution in [0.5, 0.6) is 0 Å². The molecule has 1 fully saturated rings. The third-order valence-corrected chi connectivity index (χ3v) is 2.72. The molecule has 0 saturated carbocycles. The minimum atomic E-state index is -1.68. The lowest BCUT2D eigenvalue weighted by atomic mass is 10.0. The lowest BCUT2D eigenvalue weighted by Gasteiger charge is -2.28. The molecule has 100 valence electrons. The van der Waals surface area contributed by atoms with Gasteiger partial charge < -0.3 is 25.2 Å². The molecule has 1 rings (SSSR count). The quantitative estimate of drug-likeness (QED) is 0.396. The van der Waals surface area contributed by atoms with Gasteiger partial charge >= 0.3 is 0 Å². The summed E-state index contributed by atoms with van der Waals surface area (Å²) in [5.41, 5.74) is 0. The Morgan fingerprint density at radius 1 is 1.24 bits per heavy atom. The zero-order valence-electron chi connectivity index (χ0n) is 9.53. The van der Waals surface area contributed by atoms with Gasteiger partial charge in [-0.15, -0.1) is 0 Å². The summed E-state index contributed by atoms with van der Waals surface area (Å²) in [6.07, 6.45) is -4.85. The van der Waals surface area contributed by atoms with Gasteiger partial charge in [-0.05, 0) is 0 Å². The molecule has 1 aliphatic rings. The molecule has 7 nitrogen and oxygen atoms in total. The van der Waals surface area contributed by atoms with E-state index in [0.717, 1.165) is 0 Å². The summed E-state index contributed by atoms with van der Waals surface area (Å²) in [4.78, 5) is 13.4. The first-order chi connectivity index (χ1) is 8.06. The van der Waals surface area contributed by atoms with Crippen LogP contribution in [-0.2, 0) is 9.53 Å². The van der Waals surface area contributed by atoms with E-state index in [2.05, 4.69) is 0 Å². The number of ketones is 1. The Balaban J connectivity index is 2.40. The van der Waals surface area contributed by atoms with Crippen LogP contribution in [0, 0.1) is 0 Å². The summed E-state index contributed by atoms with van der Waals surface area (Å²) < 4.78 is 5.11. The molecular formula is C10H19NO6. The van der Waals surface area contributed by atoms with Crippen LogP contribution < -0.4 is 0 Å². The summed E-state index contributed by atoms with van der Waals surface area (Å²) in [7, 11) is 0. The molecule has 0 bridgehead atoms. The number of carbonyl (C=O) groups excluding carboxylic acids is 1. The first-order valence-electron chi connectivity index (χ1n) is 5.54. The second-order valence-corrected chi connectivity index (χ2v) is 4.04. The summed E-state index contributed by atoms with van der Waals surface area (Å²) in [6.45, 7) is 1.55.